The highest BCUT2D eigenvalue weighted by atomic mass is 16.5. The van der Waals surface area contributed by atoms with E-state index in [2.05, 4.69) is 0 Å². The topological polar surface area (TPSA) is 55.6 Å². The SMILES string of the molecule is NCc1ccc(N2CCOCC2=O)cc1. The minimum Gasteiger partial charge on any atom is -0.370 e. The van der Waals surface area contributed by atoms with Gasteiger partial charge in [-0.3, -0.25) is 4.79 Å². The lowest BCUT2D eigenvalue weighted by Gasteiger charge is -2.26. The Bertz CT molecular complexity index is 348. The summed E-state index contributed by atoms with van der Waals surface area (Å²) in [7, 11) is 0. The van der Waals surface area contributed by atoms with Crippen molar-refractivity contribution < 1.29 is 9.53 Å². The Morgan fingerprint density at radius 2 is 2.07 bits per heavy atom. The number of anilines is 1. The van der Waals surface area contributed by atoms with Crippen LogP contribution in [0.4, 0.5) is 5.69 Å². The molecule has 0 atom stereocenters. The van der Waals surface area contributed by atoms with Gasteiger partial charge in [-0.15, -0.1) is 0 Å². The van der Waals surface area contributed by atoms with Crippen LogP contribution in [0.1, 0.15) is 5.56 Å². The Morgan fingerprint density at radius 1 is 1.33 bits per heavy atom. The smallest absolute Gasteiger partial charge is 0.253 e. The first-order chi connectivity index (χ1) is 7.31. The zero-order chi connectivity index (χ0) is 10.7. The van der Waals surface area contributed by atoms with Crippen molar-refractivity contribution in [2.24, 2.45) is 5.73 Å². The molecule has 1 aromatic rings. The van der Waals surface area contributed by atoms with Crippen LogP contribution in [-0.2, 0) is 16.1 Å². The molecule has 2 N–H and O–H groups in total. The number of carbonyl (C=O) groups excluding carboxylic acids is 1. The van der Waals surface area contributed by atoms with Crippen LogP contribution in [0, 0.1) is 0 Å². The van der Waals surface area contributed by atoms with Crippen LogP contribution < -0.4 is 10.6 Å². The average Bonchev–Trinajstić information content (AvgIpc) is 2.30. The number of hydrogen-bond donors (Lipinski definition) is 1. The molecule has 1 heterocycles. The van der Waals surface area contributed by atoms with E-state index in [9.17, 15) is 4.79 Å². The molecule has 1 aromatic carbocycles. The van der Waals surface area contributed by atoms with Crippen molar-refractivity contribution in [1.29, 1.82) is 0 Å². The predicted octanol–water partition coefficient (Wildman–Crippen LogP) is 0.508. The number of hydrogen-bond acceptors (Lipinski definition) is 3. The number of nitrogens with two attached hydrogens (primary N) is 1. The Kier molecular flexibility index (Phi) is 2.99. The van der Waals surface area contributed by atoms with Gasteiger partial charge in [-0.05, 0) is 17.7 Å². The zero-order valence-electron chi connectivity index (χ0n) is 8.48. The summed E-state index contributed by atoms with van der Waals surface area (Å²) >= 11 is 0. The molecular formula is C11H14N2O2. The molecular weight excluding hydrogens is 192 g/mol. The van der Waals surface area contributed by atoms with Crippen molar-refractivity contribution in [3.63, 3.8) is 0 Å². The first-order valence-corrected chi connectivity index (χ1v) is 4.98. The number of benzene rings is 1. The van der Waals surface area contributed by atoms with Crippen molar-refractivity contribution in [1.82, 2.24) is 0 Å². The van der Waals surface area contributed by atoms with Gasteiger partial charge >= 0.3 is 0 Å². The largest absolute Gasteiger partial charge is 0.370 e. The molecule has 4 heteroatoms. The fraction of sp³-hybridized carbons (Fsp3) is 0.364. The molecule has 0 aromatic heterocycles. The zero-order valence-corrected chi connectivity index (χ0v) is 8.48. The molecule has 15 heavy (non-hydrogen) atoms. The molecule has 1 fully saturated rings. The van der Waals surface area contributed by atoms with Gasteiger partial charge in [0.25, 0.3) is 5.91 Å². The van der Waals surface area contributed by atoms with E-state index in [4.69, 9.17) is 10.5 Å². The molecule has 0 aliphatic carbocycles. The van der Waals surface area contributed by atoms with Gasteiger partial charge in [0.2, 0.25) is 0 Å². The molecule has 0 spiro atoms. The second-order valence-electron chi connectivity index (χ2n) is 3.47. The lowest BCUT2D eigenvalue weighted by molar-refractivity contribution is -0.125. The molecule has 0 radical (unpaired) electrons. The minimum absolute atomic E-state index is 0.0155. The molecule has 4 nitrogen and oxygen atoms in total. The van der Waals surface area contributed by atoms with Gasteiger partial charge in [0.1, 0.15) is 6.61 Å². The molecule has 2 rings (SSSR count). The molecule has 0 unspecified atom stereocenters. The van der Waals surface area contributed by atoms with E-state index in [1.54, 1.807) is 4.90 Å². The van der Waals surface area contributed by atoms with Gasteiger partial charge in [0, 0.05) is 18.8 Å². The molecule has 0 saturated carbocycles. The van der Waals surface area contributed by atoms with Crippen LogP contribution in [0.2, 0.25) is 0 Å². The molecule has 1 amide bonds. The lowest BCUT2D eigenvalue weighted by atomic mass is 10.2. The molecule has 0 bridgehead atoms. The quantitative estimate of drug-likeness (QED) is 0.767. The summed E-state index contributed by atoms with van der Waals surface area (Å²) in [5.74, 6) is 0.0155. The third-order valence-corrected chi connectivity index (χ3v) is 2.47. The average molecular weight is 206 g/mol. The monoisotopic (exact) mass is 206 g/mol. The summed E-state index contributed by atoms with van der Waals surface area (Å²) in [6, 6.07) is 7.73. The highest BCUT2D eigenvalue weighted by molar-refractivity contribution is 5.94. The van der Waals surface area contributed by atoms with Crippen molar-refractivity contribution in [2.45, 2.75) is 6.54 Å². The fourth-order valence-corrected chi connectivity index (χ4v) is 1.60. The second-order valence-corrected chi connectivity index (χ2v) is 3.47. The fourth-order valence-electron chi connectivity index (χ4n) is 1.60. The third kappa shape index (κ3) is 2.16. The van der Waals surface area contributed by atoms with E-state index in [0.29, 0.717) is 19.7 Å². The highest BCUT2D eigenvalue weighted by Gasteiger charge is 2.19. The van der Waals surface area contributed by atoms with E-state index in [1.165, 1.54) is 0 Å². The maximum absolute atomic E-state index is 11.5. The maximum Gasteiger partial charge on any atom is 0.253 e. The Morgan fingerprint density at radius 3 is 2.67 bits per heavy atom. The summed E-state index contributed by atoms with van der Waals surface area (Å²) < 4.78 is 5.07. The highest BCUT2D eigenvalue weighted by Crippen LogP contribution is 2.17. The third-order valence-electron chi connectivity index (χ3n) is 2.47. The molecule has 80 valence electrons. The Labute approximate surface area is 88.6 Å². The van der Waals surface area contributed by atoms with Crippen LogP contribution in [0.25, 0.3) is 0 Å². The summed E-state index contributed by atoms with van der Waals surface area (Å²) in [6.07, 6.45) is 0. The summed E-state index contributed by atoms with van der Waals surface area (Å²) in [6.45, 7) is 1.93. The standard InChI is InChI=1S/C11H14N2O2/c12-7-9-1-3-10(4-2-9)13-5-6-15-8-11(13)14/h1-4H,5-8,12H2. The summed E-state index contributed by atoms with van der Waals surface area (Å²) in [4.78, 5) is 13.3. The van der Waals surface area contributed by atoms with Gasteiger partial charge in [0.15, 0.2) is 0 Å². The Hall–Kier alpha value is -1.39. The lowest BCUT2D eigenvalue weighted by Crippen LogP contribution is -2.41. The molecule has 1 saturated heterocycles. The van der Waals surface area contributed by atoms with E-state index in [1.807, 2.05) is 24.3 Å². The normalized spacial score (nSPS) is 16.9. The first kappa shape index (κ1) is 10.1. The van der Waals surface area contributed by atoms with Crippen LogP contribution in [0.5, 0.6) is 0 Å². The van der Waals surface area contributed by atoms with Crippen LogP contribution >= 0.6 is 0 Å². The molecule has 1 aliphatic heterocycles. The van der Waals surface area contributed by atoms with Gasteiger partial charge in [-0.25, -0.2) is 0 Å². The number of ether oxygens (including phenoxy) is 1. The number of carbonyl (C=O) groups is 1. The van der Waals surface area contributed by atoms with Crippen molar-refractivity contribution >= 4 is 11.6 Å². The summed E-state index contributed by atoms with van der Waals surface area (Å²) in [5, 5.41) is 0. The van der Waals surface area contributed by atoms with Gasteiger partial charge in [-0.1, -0.05) is 12.1 Å². The molecule has 1 aliphatic rings. The van der Waals surface area contributed by atoms with E-state index in [-0.39, 0.29) is 12.5 Å². The Balaban J connectivity index is 2.17. The van der Waals surface area contributed by atoms with E-state index in [0.717, 1.165) is 11.3 Å². The van der Waals surface area contributed by atoms with Gasteiger partial charge < -0.3 is 15.4 Å². The van der Waals surface area contributed by atoms with E-state index < -0.39 is 0 Å². The van der Waals surface area contributed by atoms with Crippen molar-refractivity contribution in [3.05, 3.63) is 29.8 Å². The minimum atomic E-state index is 0.0155. The van der Waals surface area contributed by atoms with Crippen LogP contribution in [0.15, 0.2) is 24.3 Å². The van der Waals surface area contributed by atoms with Gasteiger partial charge in [-0.2, -0.15) is 0 Å². The van der Waals surface area contributed by atoms with Crippen LogP contribution in [-0.4, -0.2) is 25.7 Å². The number of amides is 1. The number of nitrogens with zero attached hydrogens (tertiary/aromatic N) is 1. The maximum atomic E-state index is 11.5. The second kappa shape index (κ2) is 4.42. The summed E-state index contributed by atoms with van der Waals surface area (Å²) in [5.41, 5.74) is 7.49. The van der Waals surface area contributed by atoms with Crippen molar-refractivity contribution in [2.75, 3.05) is 24.7 Å². The van der Waals surface area contributed by atoms with Crippen LogP contribution in [0.3, 0.4) is 0 Å². The number of rotatable bonds is 2. The van der Waals surface area contributed by atoms with Gasteiger partial charge in [0.05, 0.1) is 6.61 Å². The van der Waals surface area contributed by atoms with Crippen molar-refractivity contribution in [3.8, 4) is 0 Å². The predicted molar refractivity (Wildman–Crippen MR) is 57.5 cm³/mol. The van der Waals surface area contributed by atoms with E-state index >= 15 is 0 Å². The number of morpholine rings is 1. The first-order valence-electron chi connectivity index (χ1n) is 4.98.